The van der Waals surface area contributed by atoms with Gasteiger partial charge in [0.05, 0.1) is 13.2 Å². The van der Waals surface area contributed by atoms with Gasteiger partial charge < -0.3 is 14.8 Å². The lowest BCUT2D eigenvalue weighted by Gasteiger charge is -2.17. The Kier molecular flexibility index (Phi) is 7.83. The molecule has 0 fully saturated rings. The van der Waals surface area contributed by atoms with Gasteiger partial charge in [-0.15, -0.1) is 0 Å². The van der Waals surface area contributed by atoms with E-state index < -0.39 is 0 Å². The van der Waals surface area contributed by atoms with E-state index >= 15 is 0 Å². The molecule has 0 radical (unpaired) electrons. The van der Waals surface area contributed by atoms with Gasteiger partial charge in [0.1, 0.15) is 11.8 Å². The normalized spacial score (nSPS) is 12.2. The van der Waals surface area contributed by atoms with Crippen molar-refractivity contribution in [1.82, 2.24) is 5.32 Å². The van der Waals surface area contributed by atoms with Crippen molar-refractivity contribution in [2.45, 2.75) is 46.1 Å². The number of carbonyl (C=O) groups excluding carboxylic acids is 1. The third kappa shape index (κ3) is 6.17. The molecule has 0 saturated carbocycles. The fraction of sp³-hybridized carbons (Fsp3) is 0.588. The number of benzene rings is 1. The van der Waals surface area contributed by atoms with E-state index in [0.717, 1.165) is 12.3 Å². The molecule has 0 saturated heterocycles. The zero-order chi connectivity index (χ0) is 15.7. The maximum absolute atomic E-state index is 11.8. The first-order valence-corrected chi connectivity index (χ1v) is 7.71. The van der Waals surface area contributed by atoms with Crippen molar-refractivity contribution >= 4 is 5.97 Å². The summed E-state index contributed by atoms with van der Waals surface area (Å²) in [5, 5.41) is 3.13. The molecule has 1 atom stereocenters. The van der Waals surface area contributed by atoms with Gasteiger partial charge in [-0.25, -0.2) is 0 Å². The van der Waals surface area contributed by atoms with Crippen LogP contribution in [0.15, 0.2) is 24.3 Å². The Hall–Kier alpha value is -1.55. The smallest absolute Gasteiger partial charge is 0.323 e. The van der Waals surface area contributed by atoms with Gasteiger partial charge >= 0.3 is 5.97 Å². The van der Waals surface area contributed by atoms with Crippen LogP contribution in [-0.4, -0.2) is 31.8 Å². The van der Waals surface area contributed by atoms with Crippen molar-refractivity contribution in [2.24, 2.45) is 0 Å². The fourth-order valence-electron chi connectivity index (χ4n) is 2.05. The molecule has 0 amide bonds. The summed E-state index contributed by atoms with van der Waals surface area (Å²) >= 11 is 0. The van der Waals surface area contributed by atoms with Gasteiger partial charge in [0, 0.05) is 6.42 Å². The predicted molar refractivity (Wildman–Crippen MR) is 84.7 cm³/mol. The lowest BCUT2D eigenvalue weighted by molar-refractivity contribution is -0.146. The van der Waals surface area contributed by atoms with Crippen LogP contribution in [0.5, 0.6) is 5.75 Å². The first-order valence-electron chi connectivity index (χ1n) is 7.71. The average molecular weight is 293 g/mol. The molecule has 1 aromatic rings. The quantitative estimate of drug-likeness (QED) is 0.711. The minimum atomic E-state index is -0.303. The summed E-state index contributed by atoms with van der Waals surface area (Å²) in [7, 11) is 0. The number of likely N-dealkylation sites (N-methyl/N-ethyl adjacent to an activating group) is 1. The summed E-state index contributed by atoms with van der Waals surface area (Å²) in [5.74, 6) is 1.11. The van der Waals surface area contributed by atoms with Gasteiger partial charge in [0.15, 0.2) is 0 Å². The molecular weight excluding hydrogens is 266 g/mol. The Balaban J connectivity index is 2.49. The Morgan fingerprint density at radius 1 is 1.29 bits per heavy atom. The maximum Gasteiger partial charge on any atom is 0.323 e. The molecule has 0 aliphatic carbocycles. The van der Waals surface area contributed by atoms with Crippen molar-refractivity contribution in [3.63, 3.8) is 0 Å². The van der Waals surface area contributed by atoms with Crippen LogP contribution in [0.3, 0.4) is 0 Å². The molecular formula is C17H27NO3. The molecule has 1 N–H and O–H groups in total. The van der Waals surface area contributed by atoms with Crippen LogP contribution in [0.2, 0.25) is 0 Å². The van der Waals surface area contributed by atoms with Crippen LogP contribution in [0, 0.1) is 0 Å². The fourth-order valence-corrected chi connectivity index (χ4v) is 2.05. The van der Waals surface area contributed by atoms with E-state index in [-0.39, 0.29) is 12.0 Å². The van der Waals surface area contributed by atoms with Crippen LogP contribution in [0.25, 0.3) is 0 Å². The summed E-state index contributed by atoms with van der Waals surface area (Å²) in [5.41, 5.74) is 1.25. The molecule has 21 heavy (non-hydrogen) atoms. The van der Waals surface area contributed by atoms with E-state index in [1.807, 2.05) is 26.0 Å². The SMILES string of the molecule is CCNC(CCOc1cccc(C(C)C)c1)C(=O)OCC. The number of hydrogen-bond donors (Lipinski definition) is 1. The summed E-state index contributed by atoms with van der Waals surface area (Å²) in [6, 6.07) is 7.79. The molecule has 0 aromatic heterocycles. The third-order valence-electron chi connectivity index (χ3n) is 3.22. The molecule has 0 aliphatic rings. The van der Waals surface area contributed by atoms with Gasteiger partial charge in [-0.1, -0.05) is 32.9 Å². The molecule has 4 nitrogen and oxygen atoms in total. The highest BCUT2D eigenvalue weighted by Crippen LogP contribution is 2.20. The second-order valence-electron chi connectivity index (χ2n) is 5.23. The van der Waals surface area contributed by atoms with E-state index in [0.29, 0.717) is 25.6 Å². The summed E-state index contributed by atoms with van der Waals surface area (Å²) in [6.45, 7) is 9.71. The van der Waals surface area contributed by atoms with Crippen LogP contribution >= 0.6 is 0 Å². The zero-order valence-electron chi connectivity index (χ0n) is 13.5. The molecule has 1 unspecified atom stereocenters. The Bertz CT molecular complexity index is 432. The minimum absolute atomic E-state index is 0.209. The highest BCUT2D eigenvalue weighted by atomic mass is 16.5. The van der Waals surface area contributed by atoms with Gasteiger partial charge in [0.25, 0.3) is 0 Å². The monoisotopic (exact) mass is 293 g/mol. The van der Waals surface area contributed by atoms with Gasteiger partial charge in [0.2, 0.25) is 0 Å². The molecule has 4 heteroatoms. The van der Waals surface area contributed by atoms with Crippen molar-refractivity contribution in [3.8, 4) is 5.75 Å². The van der Waals surface area contributed by atoms with E-state index in [4.69, 9.17) is 9.47 Å². The van der Waals surface area contributed by atoms with Crippen LogP contribution in [0.4, 0.5) is 0 Å². The number of carbonyl (C=O) groups is 1. The lowest BCUT2D eigenvalue weighted by Crippen LogP contribution is -2.39. The zero-order valence-corrected chi connectivity index (χ0v) is 13.5. The topological polar surface area (TPSA) is 47.6 Å². The summed E-state index contributed by atoms with van der Waals surface area (Å²) in [6.07, 6.45) is 0.596. The molecule has 0 bridgehead atoms. The second-order valence-corrected chi connectivity index (χ2v) is 5.23. The second kappa shape index (κ2) is 9.40. The number of hydrogen-bond acceptors (Lipinski definition) is 4. The number of nitrogens with one attached hydrogen (secondary N) is 1. The predicted octanol–water partition coefficient (Wildman–Crippen LogP) is 3.12. The summed E-state index contributed by atoms with van der Waals surface area (Å²) < 4.78 is 10.8. The largest absolute Gasteiger partial charge is 0.494 e. The number of rotatable bonds is 9. The molecule has 1 aromatic carbocycles. The van der Waals surface area contributed by atoms with Crippen LogP contribution in [0.1, 0.15) is 45.6 Å². The Labute approximate surface area is 127 Å². The molecule has 1 rings (SSSR count). The van der Waals surface area contributed by atoms with Gasteiger partial charge in [-0.2, -0.15) is 0 Å². The standard InChI is InChI=1S/C17H27NO3/c1-5-18-16(17(19)20-6-2)10-11-21-15-9-7-8-14(12-15)13(3)4/h7-9,12-13,16,18H,5-6,10-11H2,1-4H3. The van der Waals surface area contributed by atoms with E-state index in [1.54, 1.807) is 0 Å². The van der Waals surface area contributed by atoms with Crippen molar-refractivity contribution in [2.75, 3.05) is 19.8 Å². The number of ether oxygens (including phenoxy) is 2. The minimum Gasteiger partial charge on any atom is -0.494 e. The van der Waals surface area contributed by atoms with Crippen molar-refractivity contribution in [1.29, 1.82) is 0 Å². The van der Waals surface area contributed by atoms with Crippen molar-refractivity contribution < 1.29 is 14.3 Å². The van der Waals surface area contributed by atoms with Crippen molar-refractivity contribution in [3.05, 3.63) is 29.8 Å². The third-order valence-corrected chi connectivity index (χ3v) is 3.22. The average Bonchev–Trinajstić information content (AvgIpc) is 2.47. The van der Waals surface area contributed by atoms with E-state index in [2.05, 4.69) is 31.3 Å². The molecule has 0 heterocycles. The molecule has 0 aliphatic heterocycles. The van der Waals surface area contributed by atoms with Gasteiger partial charge in [-0.05, 0) is 37.1 Å². The first kappa shape index (κ1) is 17.5. The Morgan fingerprint density at radius 3 is 2.67 bits per heavy atom. The van der Waals surface area contributed by atoms with Crippen LogP contribution < -0.4 is 10.1 Å². The summed E-state index contributed by atoms with van der Waals surface area (Å²) in [4.78, 5) is 11.8. The maximum atomic E-state index is 11.8. The Morgan fingerprint density at radius 2 is 2.05 bits per heavy atom. The van der Waals surface area contributed by atoms with E-state index in [1.165, 1.54) is 5.56 Å². The first-order chi connectivity index (χ1) is 10.1. The van der Waals surface area contributed by atoms with E-state index in [9.17, 15) is 4.79 Å². The number of esters is 1. The molecule has 0 spiro atoms. The molecule has 118 valence electrons. The highest BCUT2D eigenvalue weighted by Gasteiger charge is 2.18. The van der Waals surface area contributed by atoms with Gasteiger partial charge in [-0.3, -0.25) is 4.79 Å². The van der Waals surface area contributed by atoms with Crippen LogP contribution in [-0.2, 0) is 9.53 Å². The lowest BCUT2D eigenvalue weighted by atomic mass is 10.0. The highest BCUT2D eigenvalue weighted by molar-refractivity contribution is 5.75.